The lowest BCUT2D eigenvalue weighted by Crippen LogP contribution is -2.46. The van der Waals surface area contributed by atoms with Crippen LogP contribution in [0.25, 0.3) is 10.2 Å². The highest BCUT2D eigenvalue weighted by atomic mass is 32.1. The van der Waals surface area contributed by atoms with E-state index in [-0.39, 0.29) is 12.3 Å². The molecule has 1 aliphatic rings. The van der Waals surface area contributed by atoms with E-state index in [2.05, 4.69) is 9.88 Å². The minimum absolute atomic E-state index is 0.197. The molecule has 1 fully saturated rings. The second kappa shape index (κ2) is 7.01. The van der Waals surface area contributed by atoms with Gasteiger partial charge in [-0.05, 0) is 17.7 Å². The summed E-state index contributed by atoms with van der Waals surface area (Å²) in [7, 11) is 0. The van der Waals surface area contributed by atoms with Crippen LogP contribution in [0.1, 0.15) is 11.1 Å². The Morgan fingerprint density at radius 2 is 1.81 bits per heavy atom. The molecule has 27 heavy (non-hydrogen) atoms. The molecule has 1 aliphatic heterocycles. The zero-order valence-corrected chi connectivity index (χ0v) is 15.2. The molecule has 0 atom stereocenters. The van der Waals surface area contributed by atoms with Crippen molar-refractivity contribution in [1.82, 2.24) is 9.88 Å². The summed E-state index contributed by atoms with van der Waals surface area (Å²) in [5.74, 6) is 0.197. The smallest absolute Gasteiger partial charge is 0.416 e. The number of rotatable bonds is 3. The number of halogens is 3. The van der Waals surface area contributed by atoms with E-state index in [4.69, 9.17) is 0 Å². The number of alkyl halides is 3. The van der Waals surface area contributed by atoms with E-state index in [0.717, 1.165) is 22.0 Å². The van der Waals surface area contributed by atoms with Crippen LogP contribution < -0.4 is 4.90 Å². The van der Waals surface area contributed by atoms with Crippen molar-refractivity contribution in [3.63, 3.8) is 0 Å². The zero-order valence-electron chi connectivity index (χ0n) is 14.4. The summed E-state index contributed by atoms with van der Waals surface area (Å²) in [4.78, 5) is 8.55. The summed E-state index contributed by atoms with van der Waals surface area (Å²) in [5, 5.41) is 9.95. The van der Waals surface area contributed by atoms with Gasteiger partial charge in [-0.25, -0.2) is 4.98 Å². The Morgan fingerprint density at radius 1 is 1.07 bits per heavy atom. The first-order valence-electron chi connectivity index (χ1n) is 8.60. The van der Waals surface area contributed by atoms with Crippen LogP contribution in [-0.4, -0.2) is 41.2 Å². The highest BCUT2D eigenvalue weighted by Crippen LogP contribution is 2.34. The molecular weight excluding hydrogens is 375 g/mol. The lowest BCUT2D eigenvalue weighted by atomic mass is 10.1. The van der Waals surface area contributed by atoms with Gasteiger partial charge in [0.1, 0.15) is 11.3 Å². The molecule has 0 amide bonds. The van der Waals surface area contributed by atoms with Crippen molar-refractivity contribution in [2.75, 3.05) is 31.1 Å². The van der Waals surface area contributed by atoms with E-state index in [9.17, 15) is 18.3 Å². The number of piperazine rings is 1. The Hall–Kier alpha value is -2.32. The van der Waals surface area contributed by atoms with Crippen molar-refractivity contribution < 1.29 is 18.3 Å². The van der Waals surface area contributed by atoms with Crippen LogP contribution >= 0.6 is 11.3 Å². The number of hydrogen-bond donors (Lipinski definition) is 1. The third-order valence-electron chi connectivity index (χ3n) is 4.83. The van der Waals surface area contributed by atoms with E-state index in [1.165, 1.54) is 17.4 Å². The first-order chi connectivity index (χ1) is 12.9. The number of anilines is 1. The van der Waals surface area contributed by atoms with Crippen LogP contribution in [0.4, 0.5) is 18.9 Å². The van der Waals surface area contributed by atoms with Crippen molar-refractivity contribution in [2.24, 2.45) is 0 Å². The molecule has 0 bridgehead atoms. The number of hydrogen-bond acceptors (Lipinski definition) is 5. The van der Waals surface area contributed by atoms with Gasteiger partial charge in [0.15, 0.2) is 0 Å². The molecule has 0 unspecified atom stereocenters. The number of fused-ring (bicyclic) bond motifs is 1. The van der Waals surface area contributed by atoms with Gasteiger partial charge in [-0.1, -0.05) is 18.2 Å². The van der Waals surface area contributed by atoms with Gasteiger partial charge >= 0.3 is 6.18 Å². The van der Waals surface area contributed by atoms with Crippen molar-refractivity contribution in [1.29, 1.82) is 0 Å². The second-order valence-electron chi connectivity index (χ2n) is 6.58. The Balaban J connectivity index is 1.48. The molecule has 0 spiro atoms. The van der Waals surface area contributed by atoms with Crippen molar-refractivity contribution in [3.8, 4) is 5.75 Å². The van der Waals surface area contributed by atoms with Gasteiger partial charge in [0.05, 0.1) is 21.5 Å². The Kier molecular flexibility index (Phi) is 4.69. The van der Waals surface area contributed by atoms with E-state index >= 15 is 0 Å². The summed E-state index contributed by atoms with van der Waals surface area (Å²) in [6.45, 7) is 2.91. The SMILES string of the molecule is Oc1cc(N2CCN(Cc3ccccc3C(F)(F)F)CC2)c2ncsc2c1. The van der Waals surface area contributed by atoms with E-state index < -0.39 is 11.7 Å². The predicted octanol–water partition coefficient (Wildman–Crippen LogP) is 4.34. The number of aromatic hydroxyl groups is 1. The molecule has 0 aliphatic carbocycles. The van der Waals surface area contributed by atoms with Crippen LogP contribution in [-0.2, 0) is 12.7 Å². The highest BCUT2D eigenvalue weighted by molar-refractivity contribution is 7.16. The molecule has 1 N–H and O–H groups in total. The van der Waals surface area contributed by atoms with Crippen molar-refractivity contribution in [3.05, 3.63) is 53.0 Å². The van der Waals surface area contributed by atoms with Crippen LogP contribution in [0, 0.1) is 0 Å². The third-order valence-corrected chi connectivity index (χ3v) is 5.61. The maximum atomic E-state index is 13.2. The summed E-state index contributed by atoms with van der Waals surface area (Å²) in [6.07, 6.45) is -4.34. The molecule has 4 nitrogen and oxygen atoms in total. The standard InChI is InChI=1S/C19H18F3N3OS/c20-19(21,22)15-4-2-1-3-13(15)11-24-5-7-25(8-6-24)16-9-14(26)10-17-18(16)23-12-27-17/h1-4,9-10,12,26H,5-8,11H2. The van der Waals surface area contributed by atoms with E-state index in [1.807, 2.05) is 4.90 Å². The lowest BCUT2D eigenvalue weighted by Gasteiger charge is -2.36. The largest absolute Gasteiger partial charge is 0.508 e. The monoisotopic (exact) mass is 393 g/mol. The van der Waals surface area contributed by atoms with Gasteiger partial charge in [-0.2, -0.15) is 13.2 Å². The molecule has 3 aromatic rings. The maximum absolute atomic E-state index is 13.2. The minimum atomic E-state index is -4.34. The molecule has 1 saturated heterocycles. The normalized spacial score (nSPS) is 16.2. The summed E-state index contributed by atoms with van der Waals surface area (Å²) >= 11 is 1.47. The van der Waals surface area contributed by atoms with Crippen LogP contribution in [0.5, 0.6) is 5.75 Å². The summed E-state index contributed by atoms with van der Waals surface area (Å²) < 4.78 is 40.5. The molecule has 2 heterocycles. The van der Waals surface area contributed by atoms with Gasteiger partial charge in [0.2, 0.25) is 0 Å². The maximum Gasteiger partial charge on any atom is 0.416 e. The molecule has 4 rings (SSSR count). The van der Waals surface area contributed by atoms with E-state index in [1.54, 1.807) is 29.8 Å². The number of phenols is 1. The fraction of sp³-hybridized carbons (Fsp3) is 0.316. The molecule has 0 saturated carbocycles. The summed E-state index contributed by atoms with van der Waals surface area (Å²) in [5.41, 5.74) is 3.22. The van der Waals surface area contributed by atoms with Crippen molar-refractivity contribution >= 4 is 27.2 Å². The van der Waals surface area contributed by atoms with Gasteiger partial charge in [-0.15, -0.1) is 11.3 Å². The highest BCUT2D eigenvalue weighted by Gasteiger charge is 2.33. The first-order valence-corrected chi connectivity index (χ1v) is 9.48. The predicted molar refractivity (Wildman–Crippen MR) is 100 cm³/mol. The van der Waals surface area contributed by atoms with Gasteiger partial charge < -0.3 is 10.0 Å². The van der Waals surface area contributed by atoms with E-state index in [0.29, 0.717) is 31.7 Å². The minimum Gasteiger partial charge on any atom is -0.508 e. The topological polar surface area (TPSA) is 39.6 Å². The first kappa shape index (κ1) is 18.1. The van der Waals surface area contributed by atoms with Crippen molar-refractivity contribution in [2.45, 2.75) is 12.7 Å². The molecule has 0 radical (unpaired) electrons. The van der Waals surface area contributed by atoms with Crippen LogP contribution in [0.15, 0.2) is 41.9 Å². The Labute approximate surface area is 158 Å². The molecular formula is C19H18F3N3OS. The Bertz CT molecular complexity index is 949. The summed E-state index contributed by atoms with van der Waals surface area (Å²) in [6, 6.07) is 9.15. The number of aromatic nitrogens is 1. The van der Waals surface area contributed by atoms with Crippen LogP contribution in [0.3, 0.4) is 0 Å². The molecule has 2 aromatic carbocycles. The second-order valence-corrected chi connectivity index (χ2v) is 7.47. The average molecular weight is 393 g/mol. The average Bonchev–Trinajstić information content (AvgIpc) is 3.09. The van der Waals surface area contributed by atoms with Gasteiger partial charge in [0.25, 0.3) is 0 Å². The lowest BCUT2D eigenvalue weighted by molar-refractivity contribution is -0.138. The molecule has 1 aromatic heterocycles. The third kappa shape index (κ3) is 3.72. The number of thiazole rings is 1. The number of benzene rings is 2. The molecule has 8 heteroatoms. The molecule has 142 valence electrons. The number of phenolic OH excluding ortho intramolecular Hbond substituents is 1. The van der Waals surface area contributed by atoms with Gasteiger partial charge in [0, 0.05) is 38.8 Å². The number of nitrogens with zero attached hydrogens (tertiary/aromatic N) is 3. The fourth-order valence-corrected chi connectivity index (χ4v) is 4.23. The Morgan fingerprint density at radius 3 is 2.56 bits per heavy atom. The van der Waals surface area contributed by atoms with Crippen LogP contribution in [0.2, 0.25) is 0 Å². The quantitative estimate of drug-likeness (QED) is 0.719. The zero-order chi connectivity index (χ0) is 19.0. The fourth-order valence-electron chi connectivity index (χ4n) is 3.50. The van der Waals surface area contributed by atoms with Gasteiger partial charge in [-0.3, -0.25) is 4.90 Å².